The van der Waals surface area contributed by atoms with Crippen LogP contribution in [-0.2, 0) is 6.42 Å². The van der Waals surface area contributed by atoms with Crippen molar-refractivity contribution in [2.24, 2.45) is 4.99 Å². The topological polar surface area (TPSA) is 56.7 Å². The van der Waals surface area contributed by atoms with E-state index in [0.717, 1.165) is 11.1 Å². The Bertz CT molecular complexity index is 692. The molecular weight excluding hydrogens is 444 g/mol. The molecule has 0 spiro atoms. The van der Waals surface area contributed by atoms with Crippen molar-refractivity contribution in [2.45, 2.75) is 26.4 Å². The van der Waals surface area contributed by atoms with E-state index in [0.29, 0.717) is 31.0 Å². The van der Waals surface area contributed by atoms with Crippen LogP contribution >= 0.6 is 24.0 Å². The van der Waals surface area contributed by atoms with E-state index >= 15 is 0 Å². The average Bonchev–Trinajstić information content (AvgIpc) is 2.61. The van der Waals surface area contributed by atoms with E-state index in [-0.39, 0.29) is 36.3 Å². The Labute approximate surface area is 172 Å². The van der Waals surface area contributed by atoms with E-state index in [1.807, 2.05) is 44.2 Å². The number of benzene rings is 2. The molecule has 0 aliphatic heterocycles. The van der Waals surface area contributed by atoms with Gasteiger partial charge >= 0.3 is 0 Å². The molecule has 0 amide bonds. The van der Waals surface area contributed by atoms with Gasteiger partial charge in [0.05, 0.1) is 12.6 Å². The first-order valence-corrected chi connectivity index (χ1v) is 8.60. The second kappa shape index (κ2) is 11.9. The van der Waals surface area contributed by atoms with Crippen molar-refractivity contribution in [3.05, 3.63) is 71.0 Å². The standard InChI is InChI=1S/C20H26FN3O.HI/c1-3-22-20(23-13-12-16-6-4-5-7-18(16)21)24-14-19(25)17-10-8-15(2)9-11-17;/h4-11,19,25H,3,12-14H2,1-2H3,(H2,22,23,24);1H. The Balaban J connectivity index is 0.00000338. The minimum Gasteiger partial charge on any atom is -0.386 e. The van der Waals surface area contributed by atoms with Gasteiger partial charge in [-0.25, -0.2) is 4.39 Å². The zero-order valence-corrected chi connectivity index (χ0v) is 17.5. The monoisotopic (exact) mass is 471 g/mol. The fourth-order valence-corrected chi connectivity index (χ4v) is 2.43. The van der Waals surface area contributed by atoms with Crippen molar-refractivity contribution in [1.29, 1.82) is 0 Å². The quantitative estimate of drug-likeness (QED) is 0.329. The first kappa shape index (κ1) is 22.4. The zero-order chi connectivity index (χ0) is 18.1. The lowest BCUT2D eigenvalue weighted by Crippen LogP contribution is -2.38. The molecule has 0 aromatic heterocycles. The van der Waals surface area contributed by atoms with Gasteiger partial charge in [0.15, 0.2) is 5.96 Å². The molecule has 0 fully saturated rings. The molecular formula is C20H27FIN3O. The van der Waals surface area contributed by atoms with Crippen molar-refractivity contribution >= 4 is 29.9 Å². The van der Waals surface area contributed by atoms with Gasteiger partial charge < -0.3 is 15.7 Å². The van der Waals surface area contributed by atoms with E-state index in [1.54, 1.807) is 12.1 Å². The third-order valence-corrected chi connectivity index (χ3v) is 3.87. The summed E-state index contributed by atoms with van der Waals surface area (Å²) in [6.45, 7) is 5.53. The minimum atomic E-state index is -0.650. The smallest absolute Gasteiger partial charge is 0.191 e. The average molecular weight is 471 g/mol. The summed E-state index contributed by atoms with van der Waals surface area (Å²) in [5, 5.41) is 16.6. The molecule has 0 bridgehead atoms. The van der Waals surface area contributed by atoms with Gasteiger partial charge in [0.1, 0.15) is 5.82 Å². The number of aryl methyl sites for hydroxylation is 1. The van der Waals surface area contributed by atoms with Gasteiger partial charge in [-0.3, -0.25) is 4.99 Å². The Hall–Kier alpha value is -1.67. The van der Waals surface area contributed by atoms with Gasteiger partial charge in [-0.2, -0.15) is 0 Å². The van der Waals surface area contributed by atoms with Gasteiger partial charge in [0.2, 0.25) is 0 Å². The lowest BCUT2D eigenvalue weighted by atomic mass is 10.1. The Kier molecular flexibility index (Phi) is 10.2. The summed E-state index contributed by atoms with van der Waals surface area (Å²) >= 11 is 0. The van der Waals surface area contributed by atoms with Crippen LogP contribution in [0, 0.1) is 12.7 Å². The SMILES string of the molecule is CCNC(=NCC(O)c1ccc(C)cc1)NCCc1ccccc1F.I. The molecule has 1 atom stereocenters. The fraction of sp³-hybridized carbons (Fsp3) is 0.350. The second-order valence-electron chi connectivity index (χ2n) is 5.91. The summed E-state index contributed by atoms with van der Waals surface area (Å²) in [7, 11) is 0. The summed E-state index contributed by atoms with van der Waals surface area (Å²) in [6, 6.07) is 14.5. The lowest BCUT2D eigenvalue weighted by Gasteiger charge is -2.13. The first-order valence-electron chi connectivity index (χ1n) is 8.60. The second-order valence-corrected chi connectivity index (χ2v) is 5.91. The molecule has 0 aliphatic rings. The zero-order valence-electron chi connectivity index (χ0n) is 15.2. The molecule has 0 saturated carbocycles. The third kappa shape index (κ3) is 7.29. The maximum atomic E-state index is 13.6. The van der Waals surface area contributed by atoms with E-state index in [1.165, 1.54) is 6.07 Å². The highest BCUT2D eigenvalue weighted by Gasteiger charge is 2.07. The largest absolute Gasteiger partial charge is 0.386 e. The molecule has 2 aromatic rings. The van der Waals surface area contributed by atoms with Crippen LogP contribution in [0.25, 0.3) is 0 Å². The van der Waals surface area contributed by atoms with Crippen LogP contribution in [0.5, 0.6) is 0 Å². The fourth-order valence-electron chi connectivity index (χ4n) is 2.43. The number of rotatable bonds is 7. The summed E-state index contributed by atoms with van der Waals surface area (Å²) in [5.41, 5.74) is 2.67. The van der Waals surface area contributed by atoms with Gasteiger partial charge in [-0.05, 0) is 37.5 Å². The van der Waals surface area contributed by atoms with Crippen LogP contribution in [0.1, 0.15) is 29.7 Å². The number of aliphatic hydroxyl groups is 1. The number of halogens is 2. The predicted octanol–water partition coefficient (Wildman–Crippen LogP) is 3.58. The normalized spacial score (nSPS) is 12.2. The molecule has 2 rings (SSSR count). The van der Waals surface area contributed by atoms with Crippen LogP contribution in [0.4, 0.5) is 4.39 Å². The molecule has 26 heavy (non-hydrogen) atoms. The number of aliphatic hydroxyl groups excluding tert-OH is 1. The Morgan fingerprint density at radius 1 is 1.12 bits per heavy atom. The van der Waals surface area contributed by atoms with E-state index in [9.17, 15) is 9.50 Å². The molecule has 1 unspecified atom stereocenters. The Morgan fingerprint density at radius 3 is 2.46 bits per heavy atom. The highest BCUT2D eigenvalue weighted by atomic mass is 127. The van der Waals surface area contributed by atoms with Crippen molar-refractivity contribution in [3.63, 3.8) is 0 Å². The summed E-state index contributed by atoms with van der Waals surface area (Å²) in [4.78, 5) is 4.42. The van der Waals surface area contributed by atoms with Gasteiger partial charge in [0, 0.05) is 13.1 Å². The molecule has 6 heteroatoms. The summed E-state index contributed by atoms with van der Waals surface area (Å²) in [6.07, 6.45) is -0.0833. The van der Waals surface area contributed by atoms with Gasteiger partial charge in [-0.1, -0.05) is 48.0 Å². The van der Waals surface area contributed by atoms with Crippen LogP contribution in [-0.4, -0.2) is 30.7 Å². The van der Waals surface area contributed by atoms with E-state index in [4.69, 9.17) is 0 Å². The predicted molar refractivity (Wildman–Crippen MR) is 116 cm³/mol. The van der Waals surface area contributed by atoms with E-state index in [2.05, 4.69) is 15.6 Å². The number of aliphatic imine (C=N–C) groups is 1. The molecule has 142 valence electrons. The van der Waals surface area contributed by atoms with Crippen LogP contribution in [0.3, 0.4) is 0 Å². The minimum absolute atomic E-state index is 0. The number of guanidine groups is 1. The van der Waals surface area contributed by atoms with Crippen LogP contribution in [0.15, 0.2) is 53.5 Å². The third-order valence-electron chi connectivity index (χ3n) is 3.87. The molecule has 4 nitrogen and oxygen atoms in total. The number of nitrogens with zero attached hydrogens (tertiary/aromatic N) is 1. The molecule has 0 aliphatic carbocycles. The van der Waals surface area contributed by atoms with Crippen LogP contribution in [0.2, 0.25) is 0 Å². The highest BCUT2D eigenvalue weighted by molar-refractivity contribution is 14.0. The summed E-state index contributed by atoms with van der Waals surface area (Å²) < 4.78 is 13.6. The Morgan fingerprint density at radius 2 is 1.81 bits per heavy atom. The maximum absolute atomic E-state index is 13.6. The van der Waals surface area contributed by atoms with Crippen LogP contribution < -0.4 is 10.6 Å². The maximum Gasteiger partial charge on any atom is 0.191 e. The van der Waals surface area contributed by atoms with Gasteiger partial charge in [-0.15, -0.1) is 24.0 Å². The summed E-state index contributed by atoms with van der Waals surface area (Å²) in [5.74, 6) is 0.422. The highest BCUT2D eigenvalue weighted by Crippen LogP contribution is 2.13. The lowest BCUT2D eigenvalue weighted by molar-refractivity contribution is 0.187. The molecule has 0 radical (unpaired) electrons. The number of hydrogen-bond acceptors (Lipinski definition) is 2. The number of nitrogens with one attached hydrogen (secondary N) is 2. The van der Waals surface area contributed by atoms with Crippen molar-refractivity contribution < 1.29 is 9.50 Å². The van der Waals surface area contributed by atoms with Gasteiger partial charge in [0.25, 0.3) is 0 Å². The first-order chi connectivity index (χ1) is 12.1. The molecule has 2 aromatic carbocycles. The van der Waals surface area contributed by atoms with Crippen molar-refractivity contribution in [3.8, 4) is 0 Å². The number of hydrogen-bond donors (Lipinski definition) is 3. The van der Waals surface area contributed by atoms with Crippen molar-refractivity contribution in [2.75, 3.05) is 19.6 Å². The van der Waals surface area contributed by atoms with E-state index < -0.39 is 6.10 Å². The molecule has 3 N–H and O–H groups in total. The molecule has 0 heterocycles. The molecule has 0 saturated heterocycles. The van der Waals surface area contributed by atoms with Crippen molar-refractivity contribution in [1.82, 2.24) is 10.6 Å².